The average molecular weight is 308 g/mol. The lowest BCUT2D eigenvalue weighted by Gasteiger charge is -2.20. The van der Waals surface area contributed by atoms with E-state index in [9.17, 15) is 9.59 Å². The molecule has 0 aromatic heterocycles. The van der Waals surface area contributed by atoms with Crippen molar-refractivity contribution < 1.29 is 19.4 Å². The molecular formula is C16H24N2O4. The minimum absolute atomic E-state index is 0.0859. The zero-order chi connectivity index (χ0) is 16.9. The van der Waals surface area contributed by atoms with E-state index in [-0.39, 0.29) is 18.7 Å². The number of carbonyl (C=O) groups is 2. The maximum absolute atomic E-state index is 12.0. The van der Waals surface area contributed by atoms with Gasteiger partial charge in [-0.1, -0.05) is 6.92 Å². The fourth-order valence-corrected chi connectivity index (χ4v) is 1.90. The smallest absolute Gasteiger partial charge is 0.321 e. The highest BCUT2D eigenvalue weighted by molar-refractivity contribution is 5.89. The van der Waals surface area contributed by atoms with E-state index in [4.69, 9.17) is 9.84 Å². The van der Waals surface area contributed by atoms with Gasteiger partial charge >= 0.3 is 12.0 Å². The number of amides is 2. The van der Waals surface area contributed by atoms with Crippen molar-refractivity contribution in [1.29, 1.82) is 0 Å². The molecule has 0 spiro atoms. The Morgan fingerprint density at radius 3 is 2.45 bits per heavy atom. The van der Waals surface area contributed by atoms with Gasteiger partial charge in [0.1, 0.15) is 5.75 Å². The second-order valence-corrected chi connectivity index (χ2v) is 5.70. The number of carbonyl (C=O) groups excluding carboxylic acids is 1. The van der Waals surface area contributed by atoms with E-state index >= 15 is 0 Å². The van der Waals surface area contributed by atoms with Crippen molar-refractivity contribution in [1.82, 2.24) is 4.90 Å². The second kappa shape index (κ2) is 7.68. The van der Waals surface area contributed by atoms with Gasteiger partial charge in [-0.2, -0.15) is 0 Å². The molecule has 0 aliphatic rings. The maximum atomic E-state index is 12.0. The fourth-order valence-electron chi connectivity index (χ4n) is 1.90. The zero-order valence-electron chi connectivity index (χ0n) is 13.7. The zero-order valence-corrected chi connectivity index (χ0v) is 13.7. The summed E-state index contributed by atoms with van der Waals surface area (Å²) in [6.45, 7) is 7.52. The molecule has 22 heavy (non-hydrogen) atoms. The van der Waals surface area contributed by atoms with Gasteiger partial charge < -0.3 is 20.1 Å². The third-order valence-corrected chi connectivity index (χ3v) is 3.10. The molecule has 0 fully saturated rings. The van der Waals surface area contributed by atoms with E-state index in [1.165, 1.54) is 4.90 Å². The summed E-state index contributed by atoms with van der Waals surface area (Å²) in [6.07, 6.45) is 0.0859. The normalized spacial score (nSPS) is 11.9. The molecule has 6 nitrogen and oxygen atoms in total. The summed E-state index contributed by atoms with van der Waals surface area (Å²) in [6, 6.07) is 5.05. The van der Waals surface area contributed by atoms with Crippen molar-refractivity contribution in [3.05, 3.63) is 23.8 Å². The van der Waals surface area contributed by atoms with Crippen LogP contribution >= 0.6 is 0 Å². The van der Waals surface area contributed by atoms with E-state index in [0.29, 0.717) is 5.69 Å². The van der Waals surface area contributed by atoms with Crippen molar-refractivity contribution in [2.45, 2.75) is 33.8 Å². The number of ether oxygens (including phenoxy) is 1. The molecule has 0 saturated heterocycles. The van der Waals surface area contributed by atoms with Gasteiger partial charge in [0.2, 0.25) is 0 Å². The molecule has 0 heterocycles. The van der Waals surface area contributed by atoms with Gasteiger partial charge in [0.05, 0.1) is 12.0 Å². The van der Waals surface area contributed by atoms with Crippen molar-refractivity contribution in [2.75, 3.05) is 18.9 Å². The summed E-state index contributed by atoms with van der Waals surface area (Å²) in [5.41, 5.74) is 1.57. The van der Waals surface area contributed by atoms with Crippen LogP contribution in [-0.2, 0) is 4.79 Å². The molecule has 0 saturated carbocycles. The third kappa shape index (κ3) is 5.27. The molecule has 1 unspecified atom stereocenters. The van der Waals surface area contributed by atoms with Crippen LogP contribution < -0.4 is 10.1 Å². The van der Waals surface area contributed by atoms with Gasteiger partial charge in [-0.25, -0.2) is 4.79 Å². The Labute approximate surface area is 131 Å². The Balaban J connectivity index is 2.68. The van der Waals surface area contributed by atoms with Crippen LogP contribution in [0.5, 0.6) is 5.75 Å². The van der Waals surface area contributed by atoms with Gasteiger partial charge in [0, 0.05) is 19.3 Å². The van der Waals surface area contributed by atoms with Crippen LogP contribution in [-0.4, -0.2) is 41.7 Å². The number of nitrogens with zero attached hydrogens (tertiary/aromatic N) is 1. The summed E-state index contributed by atoms with van der Waals surface area (Å²) < 4.78 is 5.64. The van der Waals surface area contributed by atoms with E-state index in [0.717, 1.165) is 11.3 Å². The molecule has 6 heteroatoms. The minimum atomic E-state index is -0.925. The number of hydrogen-bond acceptors (Lipinski definition) is 3. The molecule has 0 radical (unpaired) electrons. The number of rotatable bonds is 6. The van der Waals surface area contributed by atoms with Gasteiger partial charge in [0.15, 0.2) is 0 Å². The van der Waals surface area contributed by atoms with Crippen LogP contribution in [0.2, 0.25) is 0 Å². The first-order valence-corrected chi connectivity index (χ1v) is 7.23. The second-order valence-electron chi connectivity index (χ2n) is 5.70. The number of hydrogen-bond donors (Lipinski definition) is 2. The molecule has 2 amide bonds. The Morgan fingerprint density at radius 2 is 1.95 bits per heavy atom. The molecule has 122 valence electrons. The van der Waals surface area contributed by atoms with Crippen LogP contribution in [0.3, 0.4) is 0 Å². The largest absolute Gasteiger partial charge is 0.491 e. The first-order chi connectivity index (χ1) is 10.2. The Morgan fingerprint density at radius 1 is 1.32 bits per heavy atom. The number of nitrogens with one attached hydrogen (secondary N) is 1. The SMILES string of the molecule is Cc1cc(NC(=O)N(C)CC(C)C(=O)O)ccc1OC(C)C. The van der Waals surface area contributed by atoms with Crippen molar-refractivity contribution in [3.8, 4) is 5.75 Å². The topological polar surface area (TPSA) is 78.9 Å². The first-order valence-electron chi connectivity index (χ1n) is 7.23. The number of anilines is 1. The third-order valence-electron chi connectivity index (χ3n) is 3.10. The number of carboxylic acid groups (broad SMARTS) is 1. The summed E-state index contributed by atoms with van der Waals surface area (Å²) >= 11 is 0. The van der Waals surface area contributed by atoms with Crippen molar-refractivity contribution in [2.24, 2.45) is 5.92 Å². The highest BCUT2D eigenvalue weighted by Crippen LogP contribution is 2.23. The van der Waals surface area contributed by atoms with E-state index < -0.39 is 11.9 Å². The highest BCUT2D eigenvalue weighted by Gasteiger charge is 2.17. The van der Waals surface area contributed by atoms with Gasteiger partial charge in [-0.05, 0) is 44.5 Å². The van der Waals surface area contributed by atoms with Gasteiger partial charge in [-0.3, -0.25) is 4.79 Å². The van der Waals surface area contributed by atoms with Crippen LogP contribution in [0.1, 0.15) is 26.3 Å². The van der Waals surface area contributed by atoms with E-state index in [2.05, 4.69) is 5.32 Å². The van der Waals surface area contributed by atoms with E-state index in [1.54, 1.807) is 20.0 Å². The lowest BCUT2D eigenvalue weighted by atomic mass is 10.2. The number of aryl methyl sites for hydroxylation is 1. The monoisotopic (exact) mass is 308 g/mol. The fraction of sp³-hybridized carbons (Fsp3) is 0.500. The predicted molar refractivity (Wildman–Crippen MR) is 85.4 cm³/mol. The molecule has 1 rings (SSSR count). The first kappa shape index (κ1) is 17.8. The summed E-state index contributed by atoms with van der Waals surface area (Å²) in [5.74, 6) is -0.758. The molecule has 1 atom stereocenters. The summed E-state index contributed by atoms with van der Waals surface area (Å²) in [4.78, 5) is 24.2. The van der Waals surface area contributed by atoms with Crippen molar-refractivity contribution in [3.63, 3.8) is 0 Å². The van der Waals surface area contributed by atoms with E-state index in [1.807, 2.05) is 32.9 Å². The molecule has 0 aliphatic heterocycles. The highest BCUT2D eigenvalue weighted by atomic mass is 16.5. The molecule has 1 aromatic rings. The van der Waals surface area contributed by atoms with Gasteiger partial charge in [-0.15, -0.1) is 0 Å². The van der Waals surface area contributed by atoms with Crippen molar-refractivity contribution >= 4 is 17.7 Å². The molecule has 0 aliphatic carbocycles. The Bertz CT molecular complexity index is 543. The maximum Gasteiger partial charge on any atom is 0.321 e. The number of urea groups is 1. The summed E-state index contributed by atoms with van der Waals surface area (Å²) in [5, 5.41) is 11.6. The number of benzene rings is 1. The quantitative estimate of drug-likeness (QED) is 0.847. The number of aliphatic carboxylic acids is 1. The number of carboxylic acids is 1. The lowest BCUT2D eigenvalue weighted by molar-refractivity contribution is -0.141. The van der Waals surface area contributed by atoms with Crippen LogP contribution in [0, 0.1) is 12.8 Å². The standard InChI is InChI=1S/C16H24N2O4/c1-10(2)22-14-7-6-13(8-11(14)3)17-16(21)18(5)9-12(4)15(19)20/h6-8,10,12H,9H2,1-5H3,(H,17,21)(H,19,20). The summed E-state index contributed by atoms with van der Waals surface area (Å²) in [7, 11) is 1.57. The Kier molecular flexibility index (Phi) is 6.22. The molecule has 0 bridgehead atoms. The molecule has 2 N–H and O–H groups in total. The Hall–Kier alpha value is -2.24. The predicted octanol–water partition coefficient (Wildman–Crippen LogP) is 2.97. The van der Waals surface area contributed by atoms with Gasteiger partial charge in [0.25, 0.3) is 0 Å². The lowest BCUT2D eigenvalue weighted by Crippen LogP contribution is -2.36. The van der Waals surface area contributed by atoms with Crippen LogP contribution in [0.4, 0.5) is 10.5 Å². The van der Waals surface area contributed by atoms with Crippen LogP contribution in [0.15, 0.2) is 18.2 Å². The molecule has 1 aromatic carbocycles. The molecular weight excluding hydrogens is 284 g/mol. The average Bonchev–Trinajstić information content (AvgIpc) is 2.41. The van der Waals surface area contributed by atoms with Crippen LogP contribution in [0.25, 0.3) is 0 Å². The minimum Gasteiger partial charge on any atom is -0.491 e.